The summed E-state index contributed by atoms with van der Waals surface area (Å²) in [6.45, 7) is 4.68. The Labute approximate surface area is 204 Å². The summed E-state index contributed by atoms with van der Waals surface area (Å²) in [5, 5.41) is 2.98. The van der Waals surface area contributed by atoms with Crippen LogP contribution in [0.2, 0.25) is 0 Å². The number of benzene rings is 3. The number of hydrogen-bond donors (Lipinski definition) is 1. The lowest BCUT2D eigenvalue weighted by atomic mass is 9.98. The maximum atomic E-state index is 12.8. The van der Waals surface area contributed by atoms with Crippen molar-refractivity contribution in [2.75, 3.05) is 25.2 Å². The van der Waals surface area contributed by atoms with E-state index in [1.165, 1.54) is 5.56 Å². The number of methoxy groups -OCH3 is 1. The fourth-order valence-corrected chi connectivity index (χ4v) is 4.46. The van der Waals surface area contributed by atoms with E-state index in [0.29, 0.717) is 35.3 Å². The highest BCUT2D eigenvalue weighted by Crippen LogP contribution is 2.32. The van der Waals surface area contributed by atoms with Crippen molar-refractivity contribution >= 4 is 23.3 Å². The van der Waals surface area contributed by atoms with E-state index < -0.39 is 0 Å². The Hall–Kier alpha value is -3.45. The maximum Gasteiger partial charge on any atom is 0.505 e. The lowest BCUT2D eigenvalue weighted by molar-refractivity contribution is 0.0951. The Morgan fingerprint density at radius 1 is 1.09 bits per heavy atom. The summed E-state index contributed by atoms with van der Waals surface area (Å²) in [6.07, 6.45) is 1.98. The van der Waals surface area contributed by atoms with Gasteiger partial charge in [0.2, 0.25) is 0 Å². The molecule has 0 spiro atoms. The van der Waals surface area contributed by atoms with Gasteiger partial charge >= 0.3 is 11.7 Å². The van der Waals surface area contributed by atoms with Gasteiger partial charge in [0.25, 0.3) is 10.8 Å². The van der Waals surface area contributed by atoms with Crippen LogP contribution in [0, 0.1) is 0 Å². The maximum absolute atomic E-state index is 12.8. The standard InChI is InChI=1S/C27H28N2O4S/c1-3-33-26-16-23(32-2)10-8-22(26)18-29-14-4-5-20-15-21(9-13-25(20)29)27(30)28-17-19-6-11-24(34-31)12-7-19/h6-13,15-16H,3-5,14,17-18H2,1-2H3/p+1. The minimum atomic E-state index is -0.101. The minimum Gasteiger partial charge on any atom is -0.497 e. The molecule has 1 amide bonds. The number of nitrogens with zero attached hydrogens (tertiary/aromatic N) is 1. The highest BCUT2D eigenvalue weighted by molar-refractivity contribution is 7.65. The SMILES string of the molecule is CCOc1cc(OC)ccc1CN1CCCc2cc(C(=O)NCc3ccc([S+]=O)cc3)ccc21. The van der Waals surface area contributed by atoms with Gasteiger partial charge in [-0.1, -0.05) is 12.1 Å². The van der Waals surface area contributed by atoms with E-state index in [9.17, 15) is 9.00 Å². The van der Waals surface area contributed by atoms with Gasteiger partial charge in [-0.25, -0.2) is 0 Å². The summed E-state index contributed by atoms with van der Waals surface area (Å²) in [7, 11) is 1.66. The normalized spacial score (nSPS) is 12.6. The van der Waals surface area contributed by atoms with Crippen LogP contribution in [-0.2, 0) is 35.4 Å². The quantitative estimate of drug-likeness (QED) is 0.450. The van der Waals surface area contributed by atoms with Gasteiger partial charge in [-0.05, 0) is 61.2 Å². The van der Waals surface area contributed by atoms with Gasteiger partial charge in [0.15, 0.2) is 0 Å². The van der Waals surface area contributed by atoms with Crippen molar-refractivity contribution in [1.29, 1.82) is 0 Å². The van der Waals surface area contributed by atoms with Gasteiger partial charge in [-0.2, -0.15) is 0 Å². The molecule has 0 bridgehead atoms. The van der Waals surface area contributed by atoms with E-state index in [1.807, 2.05) is 49.4 Å². The second-order valence-corrected chi connectivity index (χ2v) is 8.82. The number of nitrogens with one attached hydrogen (secondary N) is 1. The van der Waals surface area contributed by atoms with Gasteiger partial charge in [-0.3, -0.25) is 4.79 Å². The predicted octanol–water partition coefficient (Wildman–Crippen LogP) is 4.76. The molecule has 0 fully saturated rings. The van der Waals surface area contributed by atoms with Crippen molar-refractivity contribution in [2.45, 2.75) is 37.8 Å². The summed E-state index contributed by atoms with van der Waals surface area (Å²) < 4.78 is 22.1. The molecule has 34 heavy (non-hydrogen) atoms. The molecule has 1 N–H and O–H groups in total. The first-order chi connectivity index (χ1) is 16.6. The molecule has 3 aromatic carbocycles. The van der Waals surface area contributed by atoms with Crippen LogP contribution in [-0.4, -0.2) is 26.2 Å². The van der Waals surface area contributed by atoms with Gasteiger partial charge < -0.3 is 19.7 Å². The van der Waals surface area contributed by atoms with Crippen molar-refractivity contribution in [3.8, 4) is 11.5 Å². The lowest BCUT2D eigenvalue weighted by Gasteiger charge is -2.32. The van der Waals surface area contributed by atoms with E-state index in [4.69, 9.17) is 9.47 Å². The predicted molar refractivity (Wildman–Crippen MR) is 134 cm³/mol. The molecule has 0 aliphatic carbocycles. The van der Waals surface area contributed by atoms with Crippen LogP contribution in [0.3, 0.4) is 0 Å². The molecule has 1 heterocycles. The van der Waals surface area contributed by atoms with Gasteiger partial charge in [-0.15, -0.1) is 0 Å². The van der Waals surface area contributed by atoms with Crippen molar-refractivity contribution in [3.63, 3.8) is 0 Å². The number of amides is 1. The van der Waals surface area contributed by atoms with Crippen LogP contribution in [0.5, 0.6) is 11.5 Å². The summed E-state index contributed by atoms with van der Waals surface area (Å²) in [6, 6.07) is 19.2. The topological polar surface area (TPSA) is 67.9 Å². The Morgan fingerprint density at radius 3 is 2.65 bits per heavy atom. The number of ether oxygens (including phenoxy) is 2. The molecule has 3 aromatic rings. The van der Waals surface area contributed by atoms with Crippen LogP contribution in [0.25, 0.3) is 0 Å². The minimum absolute atomic E-state index is 0.101. The zero-order chi connectivity index (χ0) is 23.9. The summed E-state index contributed by atoms with van der Waals surface area (Å²) in [4.78, 5) is 15.8. The van der Waals surface area contributed by atoms with Crippen LogP contribution in [0.1, 0.15) is 40.4 Å². The fourth-order valence-electron chi connectivity index (χ4n) is 4.22. The van der Waals surface area contributed by atoms with Gasteiger partial charge in [0.1, 0.15) is 11.5 Å². The molecule has 176 valence electrons. The number of hydrogen-bond acceptors (Lipinski definition) is 5. The number of aryl methyl sites for hydroxylation is 1. The van der Waals surface area contributed by atoms with Crippen LogP contribution < -0.4 is 19.7 Å². The number of rotatable bonds is 9. The molecule has 1 aliphatic rings. The van der Waals surface area contributed by atoms with Crippen LogP contribution >= 0.6 is 0 Å². The molecular formula is C27H29N2O4S+. The van der Waals surface area contributed by atoms with E-state index in [-0.39, 0.29) is 5.91 Å². The average Bonchev–Trinajstić information content (AvgIpc) is 2.88. The summed E-state index contributed by atoms with van der Waals surface area (Å²) >= 11 is 0.463. The Balaban J connectivity index is 1.46. The first kappa shape index (κ1) is 23.7. The Morgan fingerprint density at radius 2 is 1.91 bits per heavy atom. The van der Waals surface area contributed by atoms with E-state index >= 15 is 0 Å². The zero-order valence-corrected chi connectivity index (χ0v) is 20.3. The molecule has 0 atom stereocenters. The van der Waals surface area contributed by atoms with Crippen molar-refractivity contribution in [1.82, 2.24) is 5.32 Å². The third-order valence-electron chi connectivity index (χ3n) is 5.96. The second kappa shape index (κ2) is 11.1. The Bertz CT molecular complexity index is 1160. The first-order valence-electron chi connectivity index (χ1n) is 11.5. The number of anilines is 1. The van der Waals surface area contributed by atoms with Crippen LogP contribution in [0.15, 0.2) is 65.6 Å². The molecule has 0 saturated heterocycles. The molecule has 6 nitrogen and oxygen atoms in total. The highest BCUT2D eigenvalue weighted by atomic mass is 32.1. The number of carbonyl (C=O) groups excluding carboxylic acids is 1. The molecule has 0 radical (unpaired) electrons. The summed E-state index contributed by atoms with van der Waals surface area (Å²) in [5.74, 6) is 1.52. The van der Waals surface area contributed by atoms with Crippen molar-refractivity contribution in [3.05, 3.63) is 82.9 Å². The third kappa shape index (κ3) is 5.54. The monoisotopic (exact) mass is 477 g/mol. The third-order valence-corrected chi connectivity index (χ3v) is 6.43. The average molecular weight is 478 g/mol. The van der Waals surface area contributed by atoms with E-state index in [2.05, 4.69) is 16.3 Å². The van der Waals surface area contributed by atoms with Crippen molar-refractivity contribution < 1.29 is 18.5 Å². The second-order valence-electron chi connectivity index (χ2n) is 8.19. The first-order valence-corrected chi connectivity index (χ1v) is 12.2. The van der Waals surface area contributed by atoms with E-state index in [1.54, 1.807) is 19.2 Å². The number of carbonyl (C=O) groups is 1. The fraction of sp³-hybridized carbons (Fsp3) is 0.296. The smallest absolute Gasteiger partial charge is 0.497 e. The highest BCUT2D eigenvalue weighted by Gasteiger charge is 2.20. The van der Waals surface area contributed by atoms with Gasteiger partial charge in [0.05, 0.1) is 13.7 Å². The summed E-state index contributed by atoms with van der Waals surface area (Å²) in [5.41, 5.74) is 5.07. The molecule has 0 aromatic heterocycles. The largest absolute Gasteiger partial charge is 0.505 e. The van der Waals surface area contributed by atoms with Crippen molar-refractivity contribution in [2.24, 2.45) is 0 Å². The van der Waals surface area contributed by atoms with Gasteiger partial charge in [0, 0.05) is 58.9 Å². The molecule has 7 heteroatoms. The molecule has 1 aliphatic heterocycles. The Kier molecular flexibility index (Phi) is 7.75. The number of fused-ring (bicyclic) bond motifs is 1. The molecule has 4 rings (SSSR count). The lowest BCUT2D eigenvalue weighted by Crippen LogP contribution is -2.30. The molecule has 0 saturated carbocycles. The van der Waals surface area contributed by atoms with Crippen LogP contribution in [0.4, 0.5) is 5.69 Å². The molecular weight excluding hydrogens is 448 g/mol. The zero-order valence-electron chi connectivity index (χ0n) is 19.5. The molecule has 0 unspecified atom stereocenters. The van der Waals surface area contributed by atoms with E-state index in [0.717, 1.165) is 54.2 Å².